The Morgan fingerprint density at radius 3 is 2.76 bits per heavy atom. The molecule has 0 radical (unpaired) electrons. The molecule has 0 spiro atoms. The van der Waals surface area contributed by atoms with Crippen LogP contribution in [0.15, 0.2) is 24.3 Å². The predicted octanol–water partition coefficient (Wildman–Crippen LogP) is 3.00. The SMILES string of the molecule is Cc1ccc(C(=O)OC[C@H]2C[C@H](F)CS2)cc1. The Balaban J connectivity index is 1.83. The zero-order valence-corrected chi connectivity index (χ0v) is 10.5. The fourth-order valence-electron chi connectivity index (χ4n) is 1.72. The van der Waals surface area contributed by atoms with Gasteiger partial charge in [-0.25, -0.2) is 9.18 Å². The Morgan fingerprint density at radius 1 is 1.47 bits per heavy atom. The summed E-state index contributed by atoms with van der Waals surface area (Å²) in [5.41, 5.74) is 1.66. The first-order valence-electron chi connectivity index (χ1n) is 5.64. The smallest absolute Gasteiger partial charge is 0.338 e. The standard InChI is InChI=1S/C13H15FO2S/c1-9-2-4-10(5-3-9)13(15)16-7-12-6-11(14)8-17-12/h2-5,11-12H,6-8H2,1H3/t11-,12+/m0/s1. The molecule has 0 aromatic heterocycles. The number of alkyl halides is 1. The van der Waals surface area contributed by atoms with Crippen molar-refractivity contribution in [2.45, 2.75) is 24.8 Å². The molecule has 1 aliphatic heterocycles. The molecule has 1 aromatic rings. The zero-order valence-electron chi connectivity index (χ0n) is 9.69. The van der Waals surface area contributed by atoms with E-state index in [0.29, 0.717) is 24.3 Å². The highest BCUT2D eigenvalue weighted by molar-refractivity contribution is 8.00. The van der Waals surface area contributed by atoms with E-state index in [0.717, 1.165) is 5.56 Å². The second-order valence-corrected chi connectivity index (χ2v) is 5.59. The lowest BCUT2D eigenvalue weighted by Gasteiger charge is -2.09. The molecule has 0 N–H and O–H groups in total. The van der Waals surface area contributed by atoms with Gasteiger partial charge in [-0.2, -0.15) is 11.8 Å². The number of ether oxygens (including phenoxy) is 1. The van der Waals surface area contributed by atoms with Crippen LogP contribution < -0.4 is 0 Å². The summed E-state index contributed by atoms with van der Waals surface area (Å²) in [4.78, 5) is 11.7. The average Bonchev–Trinajstić information content (AvgIpc) is 2.73. The lowest BCUT2D eigenvalue weighted by molar-refractivity contribution is 0.0501. The number of aryl methyl sites for hydroxylation is 1. The number of carbonyl (C=O) groups is 1. The Morgan fingerprint density at radius 2 is 2.18 bits per heavy atom. The van der Waals surface area contributed by atoms with Crippen LogP contribution in [0.1, 0.15) is 22.3 Å². The van der Waals surface area contributed by atoms with Crippen LogP contribution in [0.4, 0.5) is 4.39 Å². The Labute approximate surface area is 105 Å². The van der Waals surface area contributed by atoms with E-state index in [2.05, 4.69) is 0 Å². The van der Waals surface area contributed by atoms with Crippen LogP contribution >= 0.6 is 11.8 Å². The molecule has 4 heteroatoms. The summed E-state index contributed by atoms with van der Waals surface area (Å²) in [5.74, 6) is 0.195. The lowest BCUT2D eigenvalue weighted by Crippen LogP contribution is -2.15. The van der Waals surface area contributed by atoms with E-state index in [1.165, 1.54) is 11.8 Å². The number of esters is 1. The molecule has 2 atom stereocenters. The molecule has 2 nitrogen and oxygen atoms in total. The average molecular weight is 254 g/mol. The molecule has 0 unspecified atom stereocenters. The van der Waals surface area contributed by atoms with Gasteiger partial charge in [-0.3, -0.25) is 0 Å². The molecule has 1 aromatic carbocycles. The largest absolute Gasteiger partial charge is 0.461 e. The molecule has 0 bridgehead atoms. The third kappa shape index (κ3) is 3.46. The maximum atomic E-state index is 12.9. The van der Waals surface area contributed by atoms with Crippen molar-refractivity contribution in [2.75, 3.05) is 12.4 Å². The first-order valence-corrected chi connectivity index (χ1v) is 6.69. The summed E-state index contributed by atoms with van der Waals surface area (Å²) in [7, 11) is 0. The second-order valence-electron chi connectivity index (χ2n) is 4.25. The van der Waals surface area contributed by atoms with Gasteiger partial charge in [-0.05, 0) is 25.5 Å². The van der Waals surface area contributed by atoms with Crippen molar-refractivity contribution in [3.8, 4) is 0 Å². The molecule has 1 aliphatic rings. The highest BCUT2D eigenvalue weighted by Crippen LogP contribution is 2.28. The van der Waals surface area contributed by atoms with Gasteiger partial charge in [0.15, 0.2) is 0 Å². The van der Waals surface area contributed by atoms with Gasteiger partial charge in [0, 0.05) is 11.0 Å². The molecular formula is C13H15FO2S. The molecule has 2 rings (SSSR count). The number of thioether (sulfide) groups is 1. The minimum Gasteiger partial charge on any atom is -0.461 e. The number of halogens is 1. The highest BCUT2D eigenvalue weighted by atomic mass is 32.2. The van der Waals surface area contributed by atoms with Crippen molar-refractivity contribution in [1.29, 1.82) is 0 Å². The molecule has 0 saturated carbocycles. The third-order valence-corrected chi connectivity index (χ3v) is 4.07. The summed E-state index contributed by atoms with van der Waals surface area (Å²) in [6.45, 7) is 2.27. The highest BCUT2D eigenvalue weighted by Gasteiger charge is 2.26. The van der Waals surface area contributed by atoms with E-state index >= 15 is 0 Å². The zero-order chi connectivity index (χ0) is 12.3. The van der Waals surface area contributed by atoms with Gasteiger partial charge in [0.25, 0.3) is 0 Å². The molecular weight excluding hydrogens is 239 g/mol. The van der Waals surface area contributed by atoms with Gasteiger partial charge in [-0.15, -0.1) is 0 Å². The Hall–Kier alpha value is -1.03. The van der Waals surface area contributed by atoms with Gasteiger partial charge >= 0.3 is 5.97 Å². The van der Waals surface area contributed by atoms with Crippen molar-refractivity contribution >= 4 is 17.7 Å². The topological polar surface area (TPSA) is 26.3 Å². The maximum Gasteiger partial charge on any atom is 0.338 e. The summed E-state index contributed by atoms with van der Waals surface area (Å²) in [5, 5.41) is 0.111. The van der Waals surface area contributed by atoms with Crippen LogP contribution in [0.3, 0.4) is 0 Å². The molecule has 0 aliphatic carbocycles. The molecule has 92 valence electrons. The van der Waals surface area contributed by atoms with E-state index in [1.54, 1.807) is 12.1 Å². The van der Waals surface area contributed by atoms with Crippen LogP contribution in [0.2, 0.25) is 0 Å². The first-order chi connectivity index (χ1) is 8.15. The Bertz CT molecular complexity index is 391. The third-order valence-electron chi connectivity index (χ3n) is 2.72. The van der Waals surface area contributed by atoms with Crippen molar-refractivity contribution in [2.24, 2.45) is 0 Å². The molecule has 1 saturated heterocycles. The van der Waals surface area contributed by atoms with Crippen LogP contribution in [0, 0.1) is 6.92 Å². The van der Waals surface area contributed by atoms with E-state index in [4.69, 9.17) is 4.74 Å². The summed E-state index contributed by atoms with van der Waals surface area (Å²) < 4.78 is 18.1. The number of benzene rings is 1. The quantitative estimate of drug-likeness (QED) is 0.776. The van der Waals surface area contributed by atoms with Crippen LogP contribution in [-0.4, -0.2) is 29.8 Å². The fraction of sp³-hybridized carbons (Fsp3) is 0.462. The fourth-order valence-corrected chi connectivity index (χ4v) is 2.85. The lowest BCUT2D eigenvalue weighted by atomic mass is 10.1. The van der Waals surface area contributed by atoms with Crippen molar-refractivity contribution in [1.82, 2.24) is 0 Å². The van der Waals surface area contributed by atoms with Crippen LogP contribution in [-0.2, 0) is 4.74 Å². The first kappa shape index (κ1) is 12.4. The summed E-state index contributed by atoms with van der Waals surface area (Å²) >= 11 is 1.54. The van der Waals surface area contributed by atoms with Crippen molar-refractivity contribution in [3.05, 3.63) is 35.4 Å². The number of rotatable bonds is 3. The Kier molecular flexibility index (Phi) is 4.05. The van der Waals surface area contributed by atoms with Gasteiger partial charge in [-0.1, -0.05) is 17.7 Å². The van der Waals surface area contributed by atoms with Gasteiger partial charge < -0.3 is 4.74 Å². The summed E-state index contributed by atoms with van der Waals surface area (Å²) in [6.07, 6.45) is -0.255. The molecule has 0 amide bonds. The van der Waals surface area contributed by atoms with E-state index in [9.17, 15) is 9.18 Å². The number of hydrogen-bond donors (Lipinski definition) is 0. The van der Waals surface area contributed by atoms with Crippen LogP contribution in [0.5, 0.6) is 0 Å². The molecule has 1 heterocycles. The minimum atomic E-state index is -0.747. The van der Waals surface area contributed by atoms with Gasteiger partial charge in [0.2, 0.25) is 0 Å². The number of hydrogen-bond acceptors (Lipinski definition) is 3. The predicted molar refractivity (Wildman–Crippen MR) is 67.2 cm³/mol. The molecule has 17 heavy (non-hydrogen) atoms. The van der Waals surface area contributed by atoms with E-state index in [-0.39, 0.29) is 11.2 Å². The second kappa shape index (κ2) is 5.54. The monoisotopic (exact) mass is 254 g/mol. The van der Waals surface area contributed by atoms with Crippen LogP contribution in [0.25, 0.3) is 0 Å². The van der Waals surface area contributed by atoms with Gasteiger partial charge in [0.1, 0.15) is 12.8 Å². The maximum absolute atomic E-state index is 12.9. The van der Waals surface area contributed by atoms with E-state index in [1.807, 2.05) is 19.1 Å². The van der Waals surface area contributed by atoms with Crippen molar-refractivity contribution in [3.63, 3.8) is 0 Å². The minimum absolute atomic E-state index is 0.111. The van der Waals surface area contributed by atoms with E-state index < -0.39 is 6.17 Å². The molecule has 1 fully saturated rings. The normalized spacial score (nSPS) is 23.6. The number of carbonyl (C=O) groups excluding carboxylic acids is 1. The summed E-state index contributed by atoms with van der Waals surface area (Å²) in [6, 6.07) is 7.24. The van der Waals surface area contributed by atoms with Crippen molar-refractivity contribution < 1.29 is 13.9 Å². The van der Waals surface area contributed by atoms with Gasteiger partial charge in [0.05, 0.1) is 5.56 Å².